The maximum Gasteiger partial charge on any atom is 0.312 e. The number of aromatic hydroxyl groups is 2. The third kappa shape index (κ3) is 3.17. The number of hydrogen-bond acceptors (Lipinski definition) is 4. The van der Waals surface area contributed by atoms with Gasteiger partial charge in [0.15, 0.2) is 0 Å². The molecule has 6 heteroatoms. The molecule has 0 fully saturated rings. The van der Waals surface area contributed by atoms with Crippen LogP contribution in [0.2, 0.25) is 0 Å². The van der Waals surface area contributed by atoms with Gasteiger partial charge in [0.05, 0.1) is 11.8 Å². The first-order valence-electron chi connectivity index (χ1n) is 6.43. The molecule has 0 spiro atoms. The zero-order chi connectivity index (χ0) is 16.3. The molecular weight excluding hydrogens is 288 g/mol. The van der Waals surface area contributed by atoms with E-state index in [0.717, 1.165) is 0 Å². The average molecular weight is 302 g/mol. The second kappa shape index (κ2) is 6.17. The first-order valence-corrected chi connectivity index (χ1v) is 6.43. The molecule has 0 aliphatic heterocycles. The molecular formula is C16H14O6. The first kappa shape index (κ1) is 15.4. The molecule has 0 amide bonds. The Balaban J connectivity index is 2.51. The van der Waals surface area contributed by atoms with E-state index in [1.54, 1.807) is 0 Å². The van der Waals surface area contributed by atoms with Gasteiger partial charge in [0.25, 0.3) is 0 Å². The predicted molar refractivity (Wildman–Crippen MR) is 77.0 cm³/mol. The maximum absolute atomic E-state index is 11.6. The summed E-state index contributed by atoms with van der Waals surface area (Å²) in [4.78, 5) is 23.2. The molecule has 0 radical (unpaired) electrons. The van der Waals surface area contributed by atoms with Crippen molar-refractivity contribution in [3.63, 3.8) is 0 Å². The molecule has 6 nitrogen and oxygen atoms in total. The summed E-state index contributed by atoms with van der Waals surface area (Å²) in [6, 6.07) is 10.7. The van der Waals surface area contributed by atoms with Crippen molar-refractivity contribution < 1.29 is 30.0 Å². The van der Waals surface area contributed by atoms with Gasteiger partial charge in [0.2, 0.25) is 0 Å². The highest BCUT2D eigenvalue weighted by Gasteiger charge is 2.36. The highest BCUT2D eigenvalue weighted by Crippen LogP contribution is 2.35. The van der Waals surface area contributed by atoms with Crippen molar-refractivity contribution in [3.8, 4) is 11.5 Å². The summed E-state index contributed by atoms with van der Waals surface area (Å²) in [5.41, 5.74) is 0.538. The molecule has 0 heterocycles. The van der Waals surface area contributed by atoms with Crippen molar-refractivity contribution in [2.45, 2.75) is 11.8 Å². The van der Waals surface area contributed by atoms with Crippen LogP contribution in [-0.4, -0.2) is 32.4 Å². The van der Waals surface area contributed by atoms with Crippen LogP contribution in [0.15, 0.2) is 48.5 Å². The molecule has 0 aliphatic carbocycles. The standard InChI is InChI=1S/C16H14O6/c17-11-5-1-9(2-6-11)13(15(19)20)14(16(21)22)10-3-7-12(18)8-4-10/h1-8,13-14,17-18H,(H,19,20)(H,21,22)/t13-,14+. The molecule has 2 aromatic rings. The lowest BCUT2D eigenvalue weighted by atomic mass is 9.81. The largest absolute Gasteiger partial charge is 0.508 e. The molecule has 2 atom stereocenters. The summed E-state index contributed by atoms with van der Waals surface area (Å²) in [5.74, 6) is -5.28. The van der Waals surface area contributed by atoms with E-state index in [9.17, 15) is 30.0 Å². The molecule has 0 saturated carbocycles. The van der Waals surface area contributed by atoms with E-state index in [1.165, 1.54) is 48.5 Å². The normalized spacial score (nSPS) is 13.3. The van der Waals surface area contributed by atoms with Gasteiger partial charge >= 0.3 is 11.9 Å². The van der Waals surface area contributed by atoms with Crippen molar-refractivity contribution in [2.24, 2.45) is 0 Å². The van der Waals surface area contributed by atoms with Gasteiger partial charge in [-0.3, -0.25) is 9.59 Å². The van der Waals surface area contributed by atoms with Crippen LogP contribution in [0.1, 0.15) is 23.0 Å². The maximum atomic E-state index is 11.6. The van der Waals surface area contributed by atoms with Crippen molar-refractivity contribution in [3.05, 3.63) is 59.7 Å². The fourth-order valence-corrected chi connectivity index (χ4v) is 2.32. The van der Waals surface area contributed by atoms with Gasteiger partial charge in [-0.2, -0.15) is 0 Å². The molecule has 2 aromatic carbocycles. The van der Waals surface area contributed by atoms with Crippen LogP contribution >= 0.6 is 0 Å². The Morgan fingerprint density at radius 1 is 0.636 bits per heavy atom. The van der Waals surface area contributed by atoms with Gasteiger partial charge in [-0.1, -0.05) is 24.3 Å². The van der Waals surface area contributed by atoms with Crippen molar-refractivity contribution >= 4 is 11.9 Å². The fraction of sp³-hybridized carbons (Fsp3) is 0.125. The first-order chi connectivity index (χ1) is 10.4. The van der Waals surface area contributed by atoms with Gasteiger partial charge in [-0.05, 0) is 35.4 Å². The zero-order valence-corrected chi connectivity index (χ0v) is 11.4. The lowest BCUT2D eigenvalue weighted by Crippen LogP contribution is -2.26. The quantitative estimate of drug-likeness (QED) is 0.672. The topological polar surface area (TPSA) is 115 Å². The van der Waals surface area contributed by atoms with E-state index in [4.69, 9.17) is 0 Å². The average Bonchev–Trinajstić information content (AvgIpc) is 2.46. The highest BCUT2D eigenvalue weighted by molar-refractivity contribution is 5.88. The Bertz CT molecular complexity index is 613. The van der Waals surface area contributed by atoms with Crippen molar-refractivity contribution in [1.29, 1.82) is 0 Å². The minimum absolute atomic E-state index is 0.0376. The molecule has 2 rings (SSSR count). The SMILES string of the molecule is O=C(O)[C@H](c1ccc(O)cc1)[C@@H](C(=O)O)c1ccc(O)cc1. The number of carbonyl (C=O) groups is 2. The van der Waals surface area contributed by atoms with Crippen molar-refractivity contribution in [1.82, 2.24) is 0 Å². The zero-order valence-electron chi connectivity index (χ0n) is 11.4. The minimum atomic E-state index is -1.32. The summed E-state index contributed by atoms with van der Waals surface area (Å²) in [7, 11) is 0. The third-order valence-electron chi connectivity index (χ3n) is 3.37. The van der Waals surface area contributed by atoms with Crippen LogP contribution in [0, 0.1) is 0 Å². The molecule has 0 bridgehead atoms. The number of benzene rings is 2. The van der Waals surface area contributed by atoms with E-state index in [-0.39, 0.29) is 22.6 Å². The number of carboxylic acid groups (broad SMARTS) is 2. The second-order valence-corrected chi connectivity index (χ2v) is 4.81. The van der Waals surface area contributed by atoms with Gasteiger partial charge in [-0.25, -0.2) is 0 Å². The number of rotatable bonds is 5. The molecule has 0 aromatic heterocycles. The van der Waals surface area contributed by atoms with E-state index in [2.05, 4.69) is 0 Å². The van der Waals surface area contributed by atoms with Crippen LogP contribution < -0.4 is 0 Å². The smallest absolute Gasteiger partial charge is 0.312 e. The van der Waals surface area contributed by atoms with E-state index >= 15 is 0 Å². The third-order valence-corrected chi connectivity index (χ3v) is 3.37. The Labute approximate surface area is 125 Å². The number of hydrogen-bond donors (Lipinski definition) is 4. The summed E-state index contributed by atoms with van der Waals surface area (Å²) in [6.07, 6.45) is 0. The number of phenols is 2. The van der Waals surface area contributed by atoms with Crippen LogP contribution in [0.4, 0.5) is 0 Å². The predicted octanol–water partition coefficient (Wildman–Crippen LogP) is 2.13. The van der Waals surface area contributed by atoms with Crippen LogP contribution in [0.25, 0.3) is 0 Å². The van der Waals surface area contributed by atoms with E-state index in [1.807, 2.05) is 0 Å². The second-order valence-electron chi connectivity index (χ2n) is 4.81. The lowest BCUT2D eigenvalue weighted by molar-refractivity contribution is -0.147. The molecule has 4 N–H and O–H groups in total. The Kier molecular flexibility index (Phi) is 4.31. The van der Waals surface area contributed by atoms with Crippen LogP contribution in [0.3, 0.4) is 0 Å². The summed E-state index contributed by atoms with van der Waals surface area (Å²) >= 11 is 0. The Morgan fingerprint density at radius 2 is 0.909 bits per heavy atom. The van der Waals surface area contributed by atoms with Crippen LogP contribution in [-0.2, 0) is 9.59 Å². The summed E-state index contributed by atoms with van der Waals surface area (Å²) < 4.78 is 0. The number of aliphatic carboxylic acids is 2. The monoisotopic (exact) mass is 302 g/mol. The molecule has 114 valence electrons. The molecule has 0 aliphatic rings. The number of phenolic OH excluding ortho intramolecular Hbond substituents is 2. The lowest BCUT2D eigenvalue weighted by Gasteiger charge is -2.21. The minimum Gasteiger partial charge on any atom is -0.508 e. The summed E-state index contributed by atoms with van der Waals surface area (Å²) in [5, 5.41) is 37.5. The van der Waals surface area contributed by atoms with E-state index < -0.39 is 23.8 Å². The molecule has 22 heavy (non-hydrogen) atoms. The highest BCUT2D eigenvalue weighted by atomic mass is 16.4. The van der Waals surface area contributed by atoms with Gasteiger partial charge in [-0.15, -0.1) is 0 Å². The Morgan fingerprint density at radius 3 is 1.14 bits per heavy atom. The van der Waals surface area contributed by atoms with E-state index in [0.29, 0.717) is 0 Å². The Hall–Kier alpha value is -3.02. The van der Waals surface area contributed by atoms with Gasteiger partial charge in [0, 0.05) is 0 Å². The molecule has 0 unspecified atom stereocenters. The van der Waals surface area contributed by atoms with Crippen molar-refractivity contribution in [2.75, 3.05) is 0 Å². The molecule has 0 saturated heterocycles. The van der Waals surface area contributed by atoms with Gasteiger partial charge in [0.1, 0.15) is 11.5 Å². The number of carboxylic acids is 2. The van der Waals surface area contributed by atoms with Gasteiger partial charge < -0.3 is 20.4 Å². The van der Waals surface area contributed by atoms with Crippen LogP contribution in [0.5, 0.6) is 11.5 Å². The summed E-state index contributed by atoms with van der Waals surface area (Å²) in [6.45, 7) is 0. The fourth-order valence-electron chi connectivity index (χ4n) is 2.32.